The number of rotatable bonds is 6. The number of amides is 1. The van der Waals surface area contributed by atoms with Crippen LogP contribution in [0.2, 0.25) is 0 Å². The molecule has 0 bridgehead atoms. The van der Waals surface area contributed by atoms with Crippen LogP contribution in [0.3, 0.4) is 0 Å². The number of benzene rings is 2. The van der Waals surface area contributed by atoms with E-state index >= 15 is 0 Å². The van der Waals surface area contributed by atoms with E-state index in [1.165, 1.54) is 4.31 Å². The van der Waals surface area contributed by atoms with Crippen molar-refractivity contribution in [1.29, 1.82) is 0 Å². The van der Waals surface area contributed by atoms with Crippen LogP contribution in [0.4, 0.5) is 5.69 Å². The summed E-state index contributed by atoms with van der Waals surface area (Å²) in [5, 5.41) is 6.56. The van der Waals surface area contributed by atoms with Gasteiger partial charge in [-0.15, -0.1) is 0 Å². The normalized spacial score (nSPS) is 16.8. The molecular weight excluding hydrogens is 430 g/mol. The third kappa shape index (κ3) is 4.39. The number of nitrogens with one attached hydrogen (secondary N) is 1. The molecule has 0 radical (unpaired) electrons. The lowest BCUT2D eigenvalue weighted by atomic mass is 10.2. The lowest BCUT2D eigenvalue weighted by Crippen LogP contribution is -2.43. The van der Waals surface area contributed by atoms with Crippen molar-refractivity contribution in [3.8, 4) is 11.5 Å². The Morgan fingerprint density at radius 1 is 1.06 bits per heavy atom. The molecule has 8 nitrogen and oxygen atoms in total. The number of ether oxygens (including phenoxy) is 1. The average molecular weight is 456 g/mol. The standard InChI is InChI=1S/C23H25N3O5S/c1-15-6-10-19(11-7-15)30-20-12-8-18(9-13-20)24-23(27)21-5-4-14-26(21)32(28,29)22-16(2)25-31-17(22)3/h6-13,21H,4-5,14H2,1-3H3,(H,24,27)/t21-/m0/s1. The summed E-state index contributed by atoms with van der Waals surface area (Å²) in [4.78, 5) is 13.0. The molecule has 0 aliphatic carbocycles. The van der Waals surface area contributed by atoms with E-state index in [9.17, 15) is 13.2 Å². The molecule has 1 aliphatic rings. The summed E-state index contributed by atoms with van der Waals surface area (Å²) in [7, 11) is -3.89. The van der Waals surface area contributed by atoms with Crippen molar-refractivity contribution in [2.24, 2.45) is 0 Å². The third-order valence-corrected chi connectivity index (χ3v) is 7.57. The monoisotopic (exact) mass is 455 g/mol. The Kier molecular flexibility index (Phi) is 6.03. The zero-order chi connectivity index (χ0) is 22.9. The molecule has 1 N–H and O–H groups in total. The number of aromatic nitrogens is 1. The molecule has 4 rings (SSSR count). The van der Waals surface area contributed by atoms with Crippen LogP contribution in [0.15, 0.2) is 57.9 Å². The van der Waals surface area contributed by atoms with Gasteiger partial charge in [0.05, 0.1) is 0 Å². The number of carbonyl (C=O) groups is 1. The smallest absolute Gasteiger partial charge is 0.249 e. The summed E-state index contributed by atoms with van der Waals surface area (Å²) in [6.07, 6.45) is 1.05. The van der Waals surface area contributed by atoms with E-state index in [-0.39, 0.29) is 28.8 Å². The number of hydrogen-bond acceptors (Lipinski definition) is 6. The minimum Gasteiger partial charge on any atom is -0.457 e. The van der Waals surface area contributed by atoms with E-state index in [0.717, 1.165) is 11.3 Å². The second-order valence-corrected chi connectivity index (χ2v) is 9.68. The maximum absolute atomic E-state index is 13.2. The summed E-state index contributed by atoms with van der Waals surface area (Å²) in [5.74, 6) is 1.21. The highest BCUT2D eigenvalue weighted by molar-refractivity contribution is 7.89. The zero-order valence-electron chi connectivity index (χ0n) is 18.2. The van der Waals surface area contributed by atoms with Gasteiger partial charge in [0, 0.05) is 12.2 Å². The Bertz CT molecular complexity index is 1200. The summed E-state index contributed by atoms with van der Waals surface area (Å²) in [6, 6.07) is 13.9. The molecule has 9 heteroatoms. The van der Waals surface area contributed by atoms with Gasteiger partial charge in [-0.3, -0.25) is 4.79 Å². The molecule has 2 aromatic carbocycles. The third-order valence-electron chi connectivity index (χ3n) is 5.42. The molecule has 0 unspecified atom stereocenters. The highest BCUT2D eigenvalue weighted by Crippen LogP contribution is 2.30. The van der Waals surface area contributed by atoms with Crippen LogP contribution in [-0.4, -0.2) is 36.4 Å². The Balaban J connectivity index is 1.45. The van der Waals surface area contributed by atoms with E-state index in [0.29, 0.717) is 24.3 Å². The molecule has 1 amide bonds. The summed E-state index contributed by atoms with van der Waals surface area (Å²) >= 11 is 0. The number of hydrogen-bond donors (Lipinski definition) is 1. The summed E-state index contributed by atoms with van der Waals surface area (Å²) in [6.45, 7) is 5.41. The molecular formula is C23H25N3O5S. The van der Waals surface area contributed by atoms with Crippen LogP contribution in [0.25, 0.3) is 0 Å². The highest BCUT2D eigenvalue weighted by Gasteiger charge is 2.41. The maximum Gasteiger partial charge on any atom is 0.249 e. The SMILES string of the molecule is Cc1ccc(Oc2ccc(NC(=O)[C@@H]3CCCN3S(=O)(=O)c3c(C)noc3C)cc2)cc1. The van der Waals surface area contributed by atoms with Crippen LogP contribution in [0, 0.1) is 20.8 Å². The molecule has 1 aliphatic heterocycles. The Morgan fingerprint density at radius 2 is 1.69 bits per heavy atom. The number of anilines is 1. The second kappa shape index (κ2) is 8.76. The van der Waals surface area contributed by atoms with Gasteiger partial charge in [-0.05, 0) is 70.0 Å². The van der Waals surface area contributed by atoms with Crippen molar-refractivity contribution < 1.29 is 22.5 Å². The lowest BCUT2D eigenvalue weighted by molar-refractivity contribution is -0.119. The highest BCUT2D eigenvalue weighted by atomic mass is 32.2. The van der Waals surface area contributed by atoms with Crippen LogP contribution in [-0.2, 0) is 14.8 Å². The van der Waals surface area contributed by atoms with E-state index in [1.54, 1.807) is 38.1 Å². The number of aryl methyl sites for hydroxylation is 3. The number of sulfonamides is 1. The first kappa shape index (κ1) is 22.0. The Morgan fingerprint density at radius 3 is 2.28 bits per heavy atom. The van der Waals surface area contributed by atoms with Gasteiger partial charge in [-0.25, -0.2) is 8.42 Å². The predicted octanol–water partition coefficient (Wildman–Crippen LogP) is 4.18. The van der Waals surface area contributed by atoms with E-state index < -0.39 is 16.1 Å². The second-order valence-electron chi connectivity index (χ2n) is 7.86. The van der Waals surface area contributed by atoms with Crippen LogP contribution in [0.5, 0.6) is 11.5 Å². The van der Waals surface area contributed by atoms with Gasteiger partial charge in [0.15, 0.2) is 5.76 Å². The van der Waals surface area contributed by atoms with Gasteiger partial charge >= 0.3 is 0 Å². The van der Waals surface area contributed by atoms with Gasteiger partial charge in [0.1, 0.15) is 28.1 Å². The molecule has 1 atom stereocenters. The first-order valence-electron chi connectivity index (χ1n) is 10.4. The fraction of sp³-hybridized carbons (Fsp3) is 0.304. The summed E-state index contributed by atoms with van der Waals surface area (Å²) < 4.78 is 38.4. The number of nitrogens with zero attached hydrogens (tertiary/aromatic N) is 2. The summed E-state index contributed by atoms with van der Waals surface area (Å²) in [5.41, 5.74) is 2.00. The average Bonchev–Trinajstić information content (AvgIpc) is 3.38. The van der Waals surface area contributed by atoms with Gasteiger partial charge < -0.3 is 14.6 Å². The Labute approximate surface area is 187 Å². The van der Waals surface area contributed by atoms with E-state index in [1.807, 2.05) is 31.2 Å². The van der Waals surface area contributed by atoms with Gasteiger partial charge in [-0.2, -0.15) is 4.31 Å². The molecule has 0 spiro atoms. The lowest BCUT2D eigenvalue weighted by Gasteiger charge is -2.23. The van der Waals surface area contributed by atoms with Gasteiger partial charge in [-0.1, -0.05) is 22.9 Å². The van der Waals surface area contributed by atoms with Crippen LogP contribution < -0.4 is 10.1 Å². The van der Waals surface area contributed by atoms with Crippen molar-refractivity contribution in [1.82, 2.24) is 9.46 Å². The zero-order valence-corrected chi connectivity index (χ0v) is 19.0. The van der Waals surface area contributed by atoms with Crippen LogP contribution in [0.1, 0.15) is 29.9 Å². The topological polar surface area (TPSA) is 102 Å². The largest absolute Gasteiger partial charge is 0.457 e. The molecule has 1 saturated heterocycles. The minimum absolute atomic E-state index is 0.0369. The molecule has 168 valence electrons. The number of carbonyl (C=O) groups excluding carboxylic acids is 1. The van der Waals surface area contributed by atoms with Gasteiger partial charge in [0.2, 0.25) is 15.9 Å². The molecule has 0 saturated carbocycles. The van der Waals surface area contributed by atoms with Crippen molar-refractivity contribution >= 4 is 21.6 Å². The fourth-order valence-corrected chi connectivity index (χ4v) is 5.78. The van der Waals surface area contributed by atoms with Crippen LogP contribution >= 0.6 is 0 Å². The van der Waals surface area contributed by atoms with Crippen molar-refractivity contribution in [3.05, 3.63) is 65.5 Å². The molecule has 2 heterocycles. The van der Waals surface area contributed by atoms with Gasteiger partial charge in [0.25, 0.3) is 0 Å². The quantitative estimate of drug-likeness (QED) is 0.598. The molecule has 32 heavy (non-hydrogen) atoms. The molecule has 1 aromatic heterocycles. The first-order chi connectivity index (χ1) is 15.3. The maximum atomic E-state index is 13.2. The van der Waals surface area contributed by atoms with E-state index in [2.05, 4.69) is 10.5 Å². The van der Waals surface area contributed by atoms with Crippen molar-refractivity contribution in [2.75, 3.05) is 11.9 Å². The predicted molar refractivity (Wildman–Crippen MR) is 119 cm³/mol. The minimum atomic E-state index is -3.89. The van der Waals surface area contributed by atoms with Crippen molar-refractivity contribution in [2.45, 2.75) is 44.6 Å². The van der Waals surface area contributed by atoms with E-state index in [4.69, 9.17) is 9.26 Å². The molecule has 3 aromatic rings. The molecule has 1 fully saturated rings. The first-order valence-corrected chi connectivity index (χ1v) is 11.8. The fourth-order valence-electron chi connectivity index (χ4n) is 3.82. The Hall–Kier alpha value is -3.17. The van der Waals surface area contributed by atoms with Crippen molar-refractivity contribution in [3.63, 3.8) is 0 Å².